The van der Waals surface area contributed by atoms with Gasteiger partial charge in [-0.1, -0.05) is 23.7 Å². The summed E-state index contributed by atoms with van der Waals surface area (Å²) >= 11 is 7.18. The molecule has 1 heterocycles. The van der Waals surface area contributed by atoms with Crippen LogP contribution >= 0.6 is 22.9 Å². The molecule has 5 nitrogen and oxygen atoms in total. The maximum Gasteiger partial charge on any atom is 0.243 e. The van der Waals surface area contributed by atoms with E-state index in [2.05, 4.69) is 6.58 Å². The van der Waals surface area contributed by atoms with Gasteiger partial charge in [0.2, 0.25) is 10.0 Å². The zero-order chi connectivity index (χ0) is 18.0. The van der Waals surface area contributed by atoms with Crippen LogP contribution in [0.4, 0.5) is 0 Å². The average molecular weight is 406 g/mol. The van der Waals surface area contributed by atoms with Crippen LogP contribution in [0.5, 0.6) is 0 Å². The van der Waals surface area contributed by atoms with Crippen molar-refractivity contribution in [3.63, 3.8) is 0 Å². The predicted octanol–water partition coefficient (Wildman–Crippen LogP) is 3.18. The van der Waals surface area contributed by atoms with E-state index in [1.54, 1.807) is 12.1 Å². The zero-order valence-corrected chi connectivity index (χ0v) is 16.1. The molecule has 1 aromatic heterocycles. The number of halogens is 1. The molecule has 0 amide bonds. The van der Waals surface area contributed by atoms with Crippen LogP contribution in [-0.4, -0.2) is 33.9 Å². The molecule has 2 aromatic rings. The highest BCUT2D eigenvalue weighted by Crippen LogP contribution is 2.26. The minimum Gasteiger partial charge on any atom is -0.224 e. The molecule has 130 valence electrons. The third kappa shape index (κ3) is 4.46. The standard InChI is InChI=1S/C15H16ClNO4S3/c1-3-9-17(11-12-7-8-15(16)22-12)24(20,21)14-6-4-5-13(10-14)23(2,18)19/h3-8,10H,1,9,11H2,2H3. The summed E-state index contributed by atoms with van der Waals surface area (Å²) in [5.41, 5.74) is 0. The molecular formula is C15H16ClNO4S3. The normalized spacial score (nSPS) is 12.5. The van der Waals surface area contributed by atoms with Gasteiger partial charge in [0.15, 0.2) is 9.84 Å². The zero-order valence-electron chi connectivity index (χ0n) is 12.8. The maximum absolute atomic E-state index is 12.9. The number of nitrogens with zero attached hydrogens (tertiary/aromatic N) is 1. The first kappa shape index (κ1) is 19.1. The minimum absolute atomic E-state index is 0.0405. The summed E-state index contributed by atoms with van der Waals surface area (Å²) in [6.07, 6.45) is 2.51. The Hall–Kier alpha value is -1.19. The molecule has 0 bridgehead atoms. The molecule has 0 saturated heterocycles. The lowest BCUT2D eigenvalue weighted by Crippen LogP contribution is -2.30. The van der Waals surface area contributed by atoms with E-state index in [9.17, 15) is 16.8 Å². The van der Waals surface area contributed by atoms with Crippen molar-refractivity contribution in [3.05, 3.63) is 58.3 Å². The summed E-state index contributed by atoms with van der Waals surface area (Å²) < 4.78 is 50.9. The van der Waals surface area contributed by atoms with E-state index in [0.29, 0.717) is 4.34 Å². The molecular weight excluding hydrogens is 390 g/mol. The molecule has 24 heavy (non-hydrogen) atoms. The summed E-state index contributed by atoms with van der Waals surface area (Å²) in [5.74, 6) is 0. The van der Waals surface area contributed by atoms with Crippen molar-refractivity contribution in [2.75, 3.05) is 12.8 Å². The molecule has 0 N–H and O–H groups in total. The van der Waals surface area contributed by atoms with Crippen molar-refractivity contribution in [2.45, 2.75) is 16.3 Å². The molecule has 2 rings (SSSR count). The third-order valence-electron chi connectivity index (χ3n) is 3.17. The van der Waals surface area contributed by atoms with Crippen molar-refractivity contribution in [2.24, 2.45) is 0 Å². The highest BCUT2D eigenvalue weighted by Gasteiger charge is 2.25. The summed E-state index contributed by atoms with van der Waals surface area (Å²) in [6.45, 7) is 3.82. The molecule has 1 aromatic carbocycles. The molecule has 0 unspecified atom stereocenters. The third-order valence-corrected chi connectivity index (χ3v) is 7.30. The molecule has 9 heteroatoms. The Kier molecular flexibility index (Phi) is 5.87. The molecule has 0 aliphatic heterocycles. The van der Waals surface area contributed by atoms with Gasteiger partial charge < -0.3 is 0 Å². The van der Waals surface area contributed by atoms with Crippen LogP contribution in [0.2, 0.25) is 4.34 Å². The molecule has 0 aliphatic carbocycles. The van der Waals surface area contributed by atoms with E-state index >= 15 is 0 Å². The first-order valence-corrected chi connectivity index (χ1v) is 11.3. The summed E-state index contributed by atoms with van der Waals surface area (Å²) in [4.78, 5) is 0.668. The quantitative estimate of drug-likeness (QED) is 0.663. The summed E-state index contributed by atoms with van der Waals surface area (Å²) in [6, 6.07) is 8.78. The van der Waals surface area contributed by atoms with Crippen LogP contribution in [0.1, 0.15) is 4.88 Å². The number of hydrogen-bond acceptors (Lipinski definition) is 5. The van der Waals surface area contributed by atoms with Crippen LogP contribution in [-0.2, 0) is 26.4 Å². The monoisotopic (exact) mass is 405 g/mol. The lowest BCUT2D eigenvalue weighted by atomic mass is 10.4. The van der Waals surface area contributed by atoms with Crippen LogP contribution in [0.25, 0.3) is 0 Å². The van der Waals surface area contributed by atoms with E-state index in [4.69, 9.17) is 11.6 Å². The lowest BCUT2D eigenvalue weighted by Gasteiger charge is -2.20. The fourth-order valence-electron chi connectivity index (χ4n) is 2.02. The highest BCUT2D eigenvalue weighted by atomic mass is 35.5. The minimum atomic E-state index is -3.87. The second kappa shape index (κ2) is 7.37. The maximum atomic E-state index is 12.9. The molecule has 0 aliphatic rings. The van der Waals surface area contributed by atoms with E-state index < -0.39 is 19.9 Å². The fraction of sp³-hybridized carbons (Fsp3) is 0.200. The van der Waals surface area contributed by atoms with Crippen molar-refractivity contribution in [1.29, 1.82) is 0 Å². The first-order valence-electron chi connectivity index (χ1n) is 6.80. The first-order chi connectivity index (χ1) is 11.1. The van der Waals surface area contributed by atoms with Crippen LogP contribution in [0.15, 0.2) is 58.8 Å². The average Bonchev–Trinajstić information content (AvgIpc) is 2.91. The van der Waals surface area contributed by atoms with Crippen molar-refractivity contribution >= 4 is 42.8 Å². The number of hydrogen-bond donors (Lipinski definition) is 0. The number of thiophene rings is 1. The largest absolute Gasteiger partial charge is 0.243 e. The second-order valence-electron chi connectivity index (χ2n) is 5.04. The molecule has 0 saturated carbocycles. The lowest BCUT2D eigenvalue weighted by molar-refractivity contribution is 0.441. The van der Waals surface area contributed by atoms with Gasteiger partial charge in [0, 0.05) is 24.2 Å². The molecule has 0 fully saturated rings. The number of sulfonamides is 1. The summed E-state index contributed by atoms with van der Waals surface area (Å²) in [7, 11) is -7.37. The summed E-state index contributed by atoms with van der Waals surface area (Å²) in [5, 5.41) is 0. The molecule has 0 atom stereocenters. The van der Waals surface area contributed by atoms with Gasteiger partial charge in [0.25, 0.3) is 0 Å². The van der Waals surface area contributed by atoms with Crippen molar-refractivity contribution < 1.29 is 16.8 Å². The molecule has 0 spiro atoms. The van der Waals surface area contributed by atoms with Gasteiger partial charge in [-0.05, 0) is 30.3 Å². The van der Waals surface area contributed by atoms with E-state index in [1.807, 2.05) is 0 Å². The fourth-order valence-corrected chi connectivity index (χ4v) is 5.38. The van der Waals surface area contributed by atoms with Gasteiger partial charge >= 0.3 is 0 Å². The van der Waals surface area contributed by atoms with E-state index in [1.165, 1.54) is 46.0 Å². The van der Waals surface area contributed by atoms with Crippen molar-refractivity contribution in [1.82, 2.24) is 4.31 Å². The van der Waals surface area contributed by atoms with Gasteiger partial charge in [0.05, 0.1) is 14.1 Å². The Bertz CT molecular complexity index is 949. The highest BCUT2D eigenvalue weighted by molar-refractivity contribution is 7.91. The van der Waals surface area contributed by atoms with Crippen LogP contribution in [0.3, 0.4) is 0 Å². The Morgan fingerprint density at radius 3 is 2.38 bits per heavy atom. The van der Waals surface area contributed by atoms with Gasteiger partial charge in [-0.2, -0.15) is 4.31 Å². The van der Waals surface area contributed by atoms with Gasteiger partial charge in [-0.25, -0.2) is 16.8 Å². The molecule has 0 radical (unpaired) electrons. The number of sulfone groups is 1. The van der Waals surface area contributed by atoms with Crippen LogP contribution < -0.4 is 0 Å². The van der Waals surface area contributed by atoms with Gasteiger partial charge in [0.1, 0.15) is 0 Å². The number of benzene rings is 1. The second-order valence-corrected chi connectivity index (χ2v) is 10.8. The van der Waals surface area contributed by atoms with Crippen LogP contribution in [0, 0.1) is 0 Å². The van der Waals surface area contributed by atoms with Gasteiger partial charge in [-0.3, -0.25) is 0 Å². The smallest absolute Gasteiger partial charge is 0.224 e. The van der Waals surface area contributed by atoms with E-state index in [0.717, 1.165) is 11.1 Å². The number of rotatable bonds is 7. The Morgan fingerprint density at radius 1 is 1.17 bits per heavy atom. The SMILES string of the molecule is C=CCN(Cc1ccc(Cl)s1)S(=O)(=O)c1cccc(S(C)(=O)=O)c1. The Balaban J connectivity index is 2.43. The van der Waals surface area contributed by atoms with Gasteiger partial charge in [-0.15, -0.1) is 17.9 Å². The predicted molar refractivity (Wildman–Crippen MR) is 96.7 cm³/mol. The Labute approximate surface area is 151 Å². The van der Waals surface area contributed by atoms with Crippen molar-refractivity contribution in [3.8, 4) is 0 Å². The Morgan fingerprint density at radius 2 is 1.83 bits per heavy atom. The topological polar surface area (TPSA) is 71.5 Å². The van der Waals surface area contributed by atoms with E-state index in [-0.39, 0.29) is 22.9 Å².